The summed E-state index contributed by atoms with van der Waals surface area (Å²) in [5.41, 5.74) is 0.0909. The van der Waals surface area contributed by atoms with Gasteiger partial charge in [-0.3, -0.25) is 10.1 Å². The molecule has 0 bridgehead atoms. The molecule has 1 saturated heterocycles. The normalized spacial score (nSPS) is 23.4. The zero-order valence-electron chi connectivity index (χ0n) is 11.0. The molecule has 3 nitrogen and oxygen atoms in total. The number of methoxy groups -OCH3 is 1. The van der Waals surface area contributed by atoms with Crippen LogP contribution >= 0.6 is 0 Å². The van der Waals surface area contributed by atoms with Crippen molar-refractivity contribution in [1.29, 1.82) is 0 Å². The largest absolute Gasteiger partial charge is 0.468 e. The number of carbonyl (C=O) groups excluding carboxylic acids is 1. The fraction of sp³-hybridized carbons (Fsp3) is 0.500. The quantitative estimate of drug-likeness (QED) is 0.850. The minimum atomic E-state index is -4.33. The topological polar surface area (TPSA) is 38.3 Å². The van der Waals surface area contributed by atoms with Crippen molar-refractivity contribution in [3.63, 3.8) is 0 Å². The fourth-order valence-corrected chi connectivity index (χ4v) is 2.43. The van der Waals surface area contributed by atoms with E-state index in [4.69, 9.17) is 0 Å². The van der Waals surface area contributed by atoms with Gasteiger partial charge in [0.2, 0.25) is 0 Å². The van der Waals surface area contributed by atoms with E-state index >= 15 is 0 Å². The maximum Gasteiger partial charge on any atom is 0.416 e. The zero-order chi connectivity index (χ0) is 14.8. The van der Waals surface area contributed by atoms with Crippen molar-refractivity contribution in [1.82, 2.24) is 5.32 Å². The maximum atomic E-state index is 12.5. The number of hydrogen-bond acceptors (Lipinski definition) is 3. The molecule has 1 aromatic carbocycles. The third kappa shape index (κ3) is 3.30. The molecule has 1 heterocycles. The van der Waals surface area contributed by atoms with Crippen LogP contribution < -0.4 is 5.32 Å². The van der Waals surface area contributed by atoms with Crippen molar-refractivity contribution in [2.45, 2.75) is 37.5 Å². The molecule has 0 aromatic heterocycles. The second-order valence-corrected chi connectivity index (χ2v) is 4.85. The van der Waals surface area contributed by atoms with Gasteiger partial charge in [-0.1, -0.05) is 12.1 Å². The Hall–Kier alpha value is -1.56. The smallest absolute Gasteiger partial charge is 0.416 e. The average molecular weight is 287 g/mol. The SMILES string of the molecule is COC(=O)C1CCCC(c2ccc(C(F)(F)F)cc2)N1. The molecular formula is C14H16F3NO2. The maximum absolute atomic E-state index is 12.5. The average Bonchev–Trinajstić information content (AvgIpc) is 2.46. The number of hydrogen-bond donors (Lipinski definition) is 1. The van der Waals surface area contributed by atoms with E-state index < -0.39 is 11.7 Å². The molecule has 1 aliphatic rings. The molecule has 0 aliphatic carbocycles. The molecule has 20 heavy (non-hydrogen) atoms. The summed E-state index contributed by atoms with van der Waals surface area (Å²) in [5, 5.41) is 3.12. The lowest BCUT2D eigenvalue weighted by molar-refractivity contribution is -0.144. The minimum absolute atomic E-state index is 0.116. The predicted octanol–water partition coefficient (Wildman–Crippen LogP) is 3.06. The van der Waals surface area contributed by atoms with Gasteiger partial charge >= 0.3 is 12.1 Å². The van der Waals surface area contributed by atoms with Crippen LogP contribution in [0, 0.1) is 0 Å². The Labute approximate surface area is 115 Å². The van der Waals surface area contributed by atoms with E-state index in [1.807, 2.05) is 0 Å². The highest BCUT2D eigenvalue weighted by Gasteiger charge is 2.31. The minimum Gasteiger partial charge on any atom is -0.468 e. The summed E-state index contributed by atoms with van der Waals surface area (Å²) in [4.78, 5) is 11.5. The van der Waals surface area contributed by atoms with Crippen molar-refractivity contribution in [2.75, 3.05) is 7.11 Å². The summed E-state index contributed by atoms with van der Waals surface area (Å²) < 4.78 is 42.2. The van der Waals surface area contributed by atoms with Gasteiger partial charge in [-0.2, -0.15) is 13.2 Å². The summed E-state index contributed by atoms with van der Waals surface area (Å²) in [5.74, 6) is -0.332. The van der Waals surface area contributed by atoms with E-state index in [1.165, 1.54) is 19.2 Å². The lowest BCUT2D eigenvalue weighted by Crippen LogP contribution is -2.43. The number of piperidine rings is 1. The van der Waals surface area contributed by atoms with E-state index in [0.29, 0.717) is 6.42 Å². The summed E-state index contributed by atoms with van der Waals surface area (Å²) in [6.45, 7) is 0. The Morgan fingerprint density at radius 2 is 1.90 bits per heavy atom. The second kappa shape index (κ2) is 5.83. The fourth-order valence-electron chi connectivity index (χ4n) is 2.43. The number of carbonyl (C=O) groups is 1. The first-order valence-electron chi connectivity index (χ1n) is 6.43. The highest BCUT2D eigenvalue weighted by atomic mass is 19.4. The van der Waals surface area contributed by atoms with Gasteiger partial charge in [-0.15, -0.1) is 0 Å². The van der Waals surface area contributed by atoms with Crippen LogP contribution in [0.5, 0.6) is 0 Å². The molecule has 2 unspecified atom stereocenters. The van der Waals surface area contributed by atoms with Crippen LogP contribution in [-0.4, -0.2) is 19.1 Å². The van der Waals surface area contributed by atoms with Crippen LogP contribution in [0.25, 0.3) is 0 Å². The van der Waals surface area contributed by atoms with Gasteiger partial charge in [-0.05, 0) is 37.0 Å². The van der Waals surface area contributed by atoms with Crippen LogP contribution in [0.4, 0.5) is 13.2 Å². The molecular weight excluding hydrogens is 271 g/mol. The predicted molar refractivity (Wildman–Crippen MR) is 67.0 cm³/mol. The monoisotopic (exact) mass is 287 g/mol. The molecule has 110 valence electrons. The van der Waals surface area contributed by atoms with Gasteiger partial charge in [-0.25, -0.2) is 0 Å². The van der Waals surface area contributed by atoms with E-state index in [2.05, 4.69) is 10.1 Å². The van der Waals surface area contributed by atoms with Crippen molar-refractivity contribution < 1.29 is 22.7 Å². The molecule has 6 heteroatoms. The third-order valence-corrected chi connectivity index (χ3v) is 3.51. The van der Waals surface area contributed by atoms with E-state index in [0.717, 1.165) is 30.5 Å². The lowest BCUT2D eigenvalue weighted by Gasteiger charge is -2.29. The van der Waals surface area contributed by atoms with Crippen LogP contribution in [0.3, 0.4) is 0 Å². The van der Waals surface area contributed by atoms with Gasteiger partial charge in [0.05, 0.1) is 12.7 Å². The first-order valence-corrected chi connectivity index (χ1v) is 6.43. The zero-order valence-corrected chi connectivity index (χ0v) is 11.0. The Morgan fingerprint density at radius 3 is 2.45 bits per heavy atom. The summed E-state index contributed by atoms with van der Waals surface area (Å²) in [6.07, 6.45) is -2.02. The molecule has 1 N–H and O–H groups in total. The molecule has 1 aliphatic heterocycles. The van der Waals surface area contributed by atoms with Gasteiger partial charge in [0.15, 0.2) is 0 Å². The number of benzene rings is 1. The molecule has 2 atom stereocenters. The number of nitrogens with one attached hydrogen (secondary N) is 1. The molecule has 0 radical (unpaired) electrons. The molecule has 2 rings (SSSR count). The van der Waals surface area contributed by atoms with Crippen LogP contribution in [0.1, 0.15) is 36.4 Å². The van der Waals surface area contributed by atoms with Crippen LogP contribution in [0.15, 0.2) is 24.3 Å². The summed E-state index contributed by atoms with van der Waals surface area (Å²) >= 11 is 0. The third-order valence-electron chi connectivity index (χ3n) is 3.51. The first-order chi connectivity index (χ1) is 9.41. The van der Waals surface area contributed by atoms with E-state index in [-0.39, 0.29) is 18.1 Å². The highest BCUT2D eigenvalue weighted by molar-refractivity contribution is 5.75. The summed E-state index contributed by atoms with van der Waals surface area (Å²) in [7, 11) is 1.33. The highest BCUT2D eigenvalue weighted by Crippen LogP contribution is 2.31. The van der Waals surface area contributed by atoms with E-state index in [9.17, 15) is 18.0 Å². The van der Waals surface area contributed by atoms with Gasteiger partial charge in [0, 0.05) is 6.04 Å². The van der Waals surface area contributed by atoms with Crippen molar-refractivity contribution in [3.8, 4) is 0 Å². The Morgan fingerprint density at radius 1 is 1.25 bits per heavy atom. The van der Waals surface area contributed by atoms with Crippen molar-refractivity contribution >= 4 is 5.97 Å². The second-order valence-electron chi connectivity index (χ2n) is 4.85. The number of alkyl halides is 3. The molecule has 0 amide bonds. The Balaban J connectivity index is 2.09. The summed E-state index contributed by atoms with van der Waals surface area (Å²) in [6, 6.07) is 4.55. The van der Waals surface area contributed by atoms with Crippen molar-refractivity contribution in [3.05, 3.63) is 35.4 Å². The van der Waals surface area contributed by atoms with Crippen LogP contribution in [-0.2, 0) is 15.7 Å². The lowest BCUT2D eigenvalue weighted by atomic mass is 9.93. The number of halogens is 3. The standard InChI is InChI=1S/C14H16F3NO2/c1-20-13(19)12-4-2-3-11(18-12)9-5-7-10(8-6-9)14(15,16)17/h5-8,11-12,18H,2-4H2,1H3. The van der Waals surface area contributed by atoms with Crippen LogP contribution in [0.2, 0.25) is 0 Å². The van der Waals surface area contributed by atoms with Gasteiger partial charge in [0.1, 0.15) is 6.04 Å². The van der Waals surface area contributed by atoms with Gasteiger partial charge < -0.3 is 4.74 Å². The Kier molecular flexibility index (Phi) is 4.32. The van der Waals surface area contributed by atoms with E-state index in [1.54, 1.807) is 0 Å². The first kappa shape index (κ1) is 14.8. The molecule has 0 saturated carbocycles. The number of esters is 1. The van der Waals surface area contributed by atoms with Gasteiger partial charge in [0.25, 0.3) is 0 Å². The number of rotatable bonds is 2. The molecule has 1 fully saturated rings. The Bertz CT molecular complexity index is 470. The molecule has 0 spiro atoms. The van der Waals surface area contributed by atoms with Crippen molar-refractivity contribution in [2.24, 2.45) is 0 Å². The number of ether oxygens (including phenoxy) is 1. The molecule has 1 aromatic rings.